The number of ether oxygens (including phenoxy) is 1. The van der Waals surface area contributed by atoms with Crippen LogP contribution in [0.15, 0.2) is 29.3 Å². The van der Waals surface area contributed by atoms with Gasteiger partial charge in [0.1, 0.15) is 0 Å². The van der Waals surface area contributed by atoms with Crippen molar-refractivity contribution in [2.75, 3.05) is 21.2 Å². The standard InChI is InChI=1S/C14H20N2O2/c1-14(2,13(17)18-5)11-7-6-8-12(9-11)15-10-16(3)4/h6-10H,1-5H3. The lowest BCUT2D eigenvalue weighted by molar-refractivity contribution is -0.146. The van der Waals surface area contributed by atoms with Gasteiger partial charge < -0.3 is 9.64 Å². The Morgan fingerprint density at radius 2 is 2.06 bits per heavy atom. The molecule has 0 aromatic heterocycles. The number of hydrogen-bond acceptors (Lipinski definition) is 3. The van der Waals surface area contributed by atoms with Crippen molar-refractivity contribution in [1.29, 1.82) is 0 Å². The van der Waals surface area contributed by atoms with Gasteiger partial charge in [-0.25, -0.2) is 4.99 Å². The highest BCUT2D eigenvalue weighted by atomic mass is 16.5. The van der Waals surface area contributed by atoms with E-state index in [-0.39, 0.29) is 5.97 Å². The Balaban J connectivity index is 3.05. The summed E-state index contributed by atoms with van der Waals surface area (Å²) in [5, 5.41) is 0. The molecule has 4 heteroatoms. The molecule has 0 aliphatic heterocycles. The average Bonchev–Trinajstić information content (AvgIpc) is 2.35. The van der Waals surface area contributed by atoms with Crippen LogP contribution in [0.4, 0.5) is 5.69 Å². The number of aliphatic imine (C=N–C) groups is 1. The van der Waals surface area contributed by atoms with Crippen molar-refractivity contribution in [3.63, 3.8) is 0 Å². The summed E-state index contributed by atoms with van der Waals surface area (Å²) < 4.78 is 4.82. The fourth-order valence-corrected chi connectivity index (χ4v) is 1.53. The number of carbonyl (C=O) groups is 1. The number of rotatable bonds is 4. The summed E-state index contributed by atoms with van der Waals surface area (Å²) in [5.41, 5.74) is 1.04. The third-order valence-electron chi connectivity index (χ3n) is 2.70. The molecule has 98 valence electrons. The first kappa shape index (κ1) is 14.2. The predicted octanol–water partition coefficient (Wildman–Crippen LogP) is 2.36. The molecule has 0 N–H and O–H groups in total. The van der Waals surface area contributed by atoms with Crippen LogP contribution in [0.3, 0.4) is 0 Å². The van der Waals surface area contributed by atoms with Crippen molar-refractivity contribution >= 4 is 18.0 Å². The first-order valence-corrected chi connectivity index (χ1v) is 5.77. The first-order valence-electron chi connectivity index (χ1n) is 5.77. The zero-order valence-electron chi connectivity index (χ0n) is 11.6. The smallest absolute Gasteiger partial charge is 0.315 e. The van der Waals surface area contributed by atoms with E-state index in [1.807, 2.05) is 57.1 Å². The second kappa shape index (κ2) is 5.67. The Kier molecular flexibility index (Phi) is 4.48. The summed E-state index contributed by atoms with van der Waals surface area (Å²) >= 11 is 0. The van der Waals surface area contributed by atoms with Crippen LogP contribution in [0.1, 0.15) is 19.4 Å². The van der Waals surface area contributed by atoms with Crippen LogP contribution >= 0.6 is 0 Å². The van der Waals surface area contributed by atoms with E-state index in [2.05, 4.69) is 4.99 Å². The van der Waals surface area contributed by atoms with Crippen molar-refractivity contribution in [3.8, 4) is 0 Å². The van der Waals surface area contributed by atoms with Gasteiger partial charge in [0.25, 0.3) is 0 Å². The Bertz CT molecular complexity index is 451. The number of benzene rings is 1. The van der Waals surface area contributed by atoms with E-state index in [0.29, 0.717) is 0 Å². The van der Waals surface area contributed by atoms with Gasteiger partial charge in [0.2, 0.25) is 0 Å². The van der Waals surface area contributed by atoms with E-state index < -0.39 is 5.41 Å². The zero-order chi connectivity index (χ0) is 13.8. The van der Waals surface area contributed by atoms with E-state index in [0.717, 1.165) is 11.3 Å². The van der Waals surface area contributed by atoms with Crippen LogP contribution in [0, 0.1) is 0 Å². The maximum atomic E-state index is 11.7. The molecule has 18 heavy (non-hydrogen) atoms. The molecule has 0 radical (unpaired) electrons. The number of methoxy groups -OCH3 is 1. The fourth-order valence-electron chi connectivity index (χ4n) is 1.53. The summed E-state index contributed by atoms with van der Waals surface area (Å²) in [5.74, 6) is -0.253. The summed E-state index contributed by atoms with van der Waals surface area (Å²) in [7, 11) is 5.22. The molecular formula is C14H20N2O2. The molecule has 0 aliphatic rings. The zero-order valence-corrected chi connectivity index (χ0v) is 11.6. The van der Waals surface area contributed by atoms with Gasteiger partial charge in [0, 0.05) is 14.1 Å². The minimum atomic E-state index is -0.668. The molecule has 1 aromatic rings. The lowest BCUT2D eigenvalue weighted by atomic mass is 9.84. The molecule has 0 unspecified atom stereocenters. The fraction of sp³-hybridized carbons (Fsp3) is 0.429. The molecule has 1 rings (SSSR count). The van der Waals surface area contributed by atoms with Gasteiger partial charge in [0.15, 0.2) is 0 Å². The van der Waals surface area contributed by atoms with Crippen molar-refractivity contribution < 1.29 is 9.53 Å². The molecule has 0 spiro atoms. The van der Waals surface area contributed by atoms with Crippen molar-refractivity contribution in [1.82, 2.24) is 4.90 Å². The SMILES string of the molecule is COC(=O)C(C)(C)c1cccc(N=CN(C)C)c1. The van der Waals surface area contributed by atoms with Gasteiger partial charge in [-0.3, -0.25) is 4.79 Å². The Labute approximate surface area is 108 Å². The average molecular weight is 248 g/mol. The van der Waals surface area contributed by atoms with Crippen LogP contribution in [0.2, 0.25) is 0 Å². The van der Waals surface area contributed by atoms with Gasteiger partial charge in [0.05, 0.1) is 24.6 Å². The minimum Gasteiger partial charge on any atom is -0.468 e. The summed E-state index contributed by atoms with van der Waals surface area (Å²) in [4.78, 5) is 17.9. The maximum absolute atomic E-state index is 11.7. The third kappa shape index (κ3) is 3.32. The highest BCUT2D eigenvalue weighted by Gasteiger charge is 2.30. The molecule has 0 aliphatic carbocycles. The number of hydrogen-bond donors (Lipinski definition) is 0. The lowest BCUT2D eigenvalue weighted by Gasteiger charge is -2.22. The first-order chi connectivity index (χ1) is 8.37. The number of esters is 1. The molecule has 0 bridgehead atoms. The highest BCUT2D eigenvalue weighted by molar-refractivity contribution is 5.82. The molecular weight excluding hydrogens is 228 g/mol. The molecule has 0 heterocycles. The summed E-state index contributed by atoms with van der Waals surface area (Å²) in [6.07, 6.45) is 1.73. The maximum Gasteiger partial charge on any atom is 0.315 e. The normalized spacial score (nSPS) is 11.6. The van der Waals surface area contributed by atoms with E-state index in [1.165, 1.54) is 7.11 Å². The second-order valence-electron chi connectivity index (χ2n) is 4.88. The van der Waals surface area contributed by atoms with Crippen LogP contribution in [-0.2, 0) is 14.9 Å². The molecule has 0 amide bonds. The molecule has 0 fully saturated rings. The van der Waals surface area contributed by atoms with Crippen LogP contribution in [0.25, 0.3) is 0 Å². The second-order valence-corrected chi connectivity index (χ2v) is 4.88. The van der Waals surface area contributed by atoms with E-state index in [4.69, 9.17) is 4.74 Å². The van der Waals surface area contributed by atoms with Crippen LogP contribution < -0.4 is 0 Å². The van der Waals surface area contributed by atoms with Gasteiger partial charge >= 0.3 is 5.97 Å². The van der Waals surface area contributed by atoms with E-state index >= 15 is 0 Å². The van der Waals surface area contributed by atoms with Crippen LogP contribution in [0.5, 0.6) is 0 Å². The molecule has 1 aromatic carbocycles. The van der Waals surface area contributed by atoms with Gasteiger partial charge in [-0.2, -0.15) is 0 Å². The number of carbonyl (C=O) groups excluding carboxylic acids is 1. The third-order valence-corrected chi connectivity index (χ3v) is 2.70. The minimum absolute atomic E-state index is 0.253. The lowest BCUT2D eigenvalue weighted by Crippen LogP contribution is -2.30. The van der Waals surface area contributed by atoms with Gasteiger partial charge in [-0.1, -0.05) is 12.1 Å². The quantitative estimate of drug-likeness (QED) is 0.466. The highest BCUT2D eigenvalue weighted by Crippen LogP contribution is 2.27. The topological polar surface area (TPSA) is 41.9 Å². The van der Waals surface area contributed by atoms with Crippen LogP contribution in [-0.4, -0.2) is 38.4 Å². The van der Waals surface area contributed by atoms with Crippen molar-refractivity contribution in [3.05, 3.63) is 29.8 Å². The van der Waals surface area contributed by atoms with Gasteiger partial charge in [-0.05, 0) is 31.5 Å². The molecule has 0 saturated carbocycles. The van der Waals surface area contributed by atoms with Crippen molar-refractivity contribution in [2.24, 2.45) is 4.99 Å². The molecule has 0 atom stereocenters. The predicted molar refractivity (Wildman–Crippen MR) is 73.3 cm³/mol. The Morgan fingerprint density at radius 3 is 2.61 bits per heavy atom. The van der Waals surface area contributed by atoms with Crippen molar-refractivity contribution in [2.45, 2.75) is 19.3 Å². The Hall–Kier alpha value is -1.84. The van der Waals surface area contributed by atoms with Gasteiger partial charge in [-0.15, -0.1) is 0 Å². The number of nitrogens with zero attached hydrogens (tertiary/aromatic N) is 2. The van der Waals surface area contributed by atoms with E-state index in [9.17, 15) is 4.79 Å². The molecule has 4 nitrogen and oxygen atoms in total. The Morgan fingerprint density at radius 1 is 1.39 bits per heavy atom. The summed E-state index contributed by atoms with van der Waals surface area (Å²) in [6.45, 7) is 3.68. The monoisotopic (exact) mass is 248 g/mol. The largest absolute Gasteiger partial charge is 0.468 e. The molecule has 0 saturated heterocycles. The van der Waals surface area contributed by atoms with E-state index in [1.54, 1.807) is 6.34 Å². The summed E-state index contributed by atoms with van der Waals surface area (Å²) in [6, 6.07) is 7.60.